The number of carbonyl (C=O) groups excluding carboxylic acids is 1. The summed E-state index contributed by atoms with van der Waals surface area (Å²) in [5.74, 6) is 0.116. The van der Waals surface area contributed by atoms with Gasteiger partial charge in [-0.3, -0.25) is 9.10 Å². The molecule has 7 nitrogen and oxygen atoms in total. The summed E-state index contributed by atoms with van der Waals surface area (Å²) in [6, 6.07) is 10.5. The molecule has 0 saturated heterocycles. The van der Waals surface area contributed by atoms with Crippen molar-refractivity contribution in [1.29, 1.82) is 0 Å². The lowest BCUT2D eigenvalue weighted by atomic mass is 10.1. The summed E-state index contributed by atoms with van der Waals surface area (Å²) >= 11 is 0. The lowest BCUT2D eigenvalue weighted by Gasteiger charge is -2.22. The maximum Gasteiger partial charge on any atom is 0.240 e. The number of halogens is 1. The van der Waals surface area contributed by atoms with Crippen molar-refractivity contribution in [2.24, 2.45) is 0 Å². The number of rotatable bonds is 9. The molecule has 2 aromatic carbocycles. The first-order valence-corrected chi connectivity index (χ1v) is 10.3. The number of hydrogen-bond donors (Lipinski definition) is 1. The molecule has 0 aliphatic rings. The van der Waals surface area contributed by atoms with Crippen molar-refractivity contribution in [3.8, 4) is 11.5 Å². The molecule has 9 heteroatoms. The lowest BCUT2D eigenvalue weighted by molar-refractivity contribution is -0.119. The third-order valence-corrected chi connectivity index (χ3v) is 5.11. The first-order valence-electron chi connectivity index (χ1n) is 8.45. The number of carbonyl (C=O) groups is 1. The molecule has 0 bridgehead atoms. The third-order valence-electron chi connectivity index (χ3n) is 3.97. The summed E-state index contributed by atoms with van der Waals surface area (Å²) in [6.07, 6.45) is 1.49. The zero-order valence-electron chi connectivity index (χ0n) is 15.9. The van der Waals surface area contributed by atoms with Crippen molar-refractivity contribution in [1.82, 2.24) is 5.32 Å². The fourth-order valence-electron chi connectivity index (χ4n) is 2.60. The molecule has 0 fully saturated rings. The van der Waals surface area contributed by atoms with Crippen LogP contribution in [0.1, 0.15) is 5.56 Å². The molecule has 0 aliphatic heterocycles. The quantitative estimate of drug-likeness (QED) is 0.683. The van der Waals surface area contributed by atoms with Gasteiger partial charge in [0.15, 0.2) is 11.5 Å². The van der Waals surface area contributed by atoms with Crippen LogP contribution in [0.5, 0.6) is 11.5 Å². The predicted octanol–water partition coefficient (Wildman–Crippen LogP) is 1.97. The number of nitrogens with zero attached hydrogens (tertiary/aromatic N) is 1. The van der Waals surface area contributed by atoms with Crippen LogP contribution in [0.2, 0.25) is 0 Å². The molecule has 0 unspecified atom stereocenters. The second-order valence-electron chi connectivity index (χ2n) is 6.04. The van der Waals surface area contributed by atoms with E-state index in [-0.39, 0.29) is 5.69 Å². The van der Waals surface area contributed by atoms with Crippen LogP contribution in [0.4, 0.5) is 10.1 Å². The van der Waals surface area contributed by atoms with Gasteiger partial charge >= 0.3 is 0 Å². The van der Waals surface area contributed by atoms with Gasteiger partial charge in [0.2, 0.25) is 15.9 Å². The number of sulfonamides is 1. The van der Waals surface area contributed by atoms with E-state index >= 15 is 0 Å². The van der Waals surface area contributed by atoms with Gasteiger partial charge in [0.25, 0.3) is 0 Å². The topological polar surface area (TPSA) is 84.9 Å². The minimum Gasteiger partial charge on any atom is -0.493 e. The van der Waals surface area contributed by atoms with E-state index in [9.17, 15) is 17.6 Å². The number of anilines is 1. The van der Waals surface area contributed by atoms with E-state index in [1.54, 1.807) is 19.2 Å². The number of methoxy groups -OCH3 is 2. The smallest absolute Gasteiger partial charge is 0.240 e. The highest BCUT2D eigenvalue weighted by molar-refractivity contribution is 7.92. The summed E-state index contributed by atoms with van der Waals surface area (Å²) in [5.41, 5.74) is 1.01. The molecule has 0 saturated carbocycles. The van der Waals surface area contributed by atoms with E-state index in [0.29, 0.717) is 24.5 Å². The Morgan fingerprint density at radius 2 is 1.82 bits per heavy atom. The minimum absolute atomic E-state index is 0.0949. The van der Waals surface area contributed by atoms with Crippen molar-refractivity contribution in [3.63, 3.8) is 0 Å². The Hall–Kier alpha value is -2.81. The molecule has 2 aromatic rings. The van der Waals surface area contributed by atoms with Crippen LogP contribution in [-0.4, -0.2) is 47.9 Å². The van der Waals surface area contributed by atoms with Crippen LogP contribution in [0.3, 0.4) is 0 Å². The van der Waals surface area contributed by atoms with Gasteiger partial charge in [-0.1, -0.05) is 12.1 Å². The highest BCUT2D eigenvalue weighted by Gasteiger charge is 2.21. The van der Waals surface area contributed by atoms with Crippen LogP contribution < -0.4 is 19.1 Å². The third kappa shape index (κ3) is 5.85. The summed E-state index contributed by atoms with van der Waals surface area (Å²) in [4.78, 5) is 12.2. The Bertz CT molecular complexity index is 934. The van der Waals surface area contributed by atoms with Crippen LogP contribution >= 0.6 is 0 Å². The average Bonchev–Trinajstić information content (AvgIpc) is 2.65. The molecule has 0 spiro atoms. The Morgan fingerprint density at radius 3 is 2.43 bits per heavy atom. The van der Waals surface area contributed by atoms with Crippen molar-refractivity contribution < 1.29 is 27.1 Å². The zero-order chi connectivity index (χ0) is 20.7. The normalized spacial score (nSPS) is 11.0. The van der Waals surface area contributed by atoms with Gasteiger partial charge in [0, 0.05) is 6.54 Å². The molecule has 2 rings (SSSR count). The number of hydrogen-bond acceptors (Lipinski definition) is 5. The van der Waals surface area contributed by atoms with Crippen molar-refractivity contribution in [2.75, 3.05) is 37.9 Å². The monoisotopic (exact) mass is 410 g/mol. The van der Waals surface area contributed by atoms with Crippen molar-refractivity contribution in [2.45, 2.75) is 6.42 Å². The maximum absolute atomic E-state index is 13.4. The van der Waals surface area contributed by atoms with Gasteiger partial charge in [-0.05, 0) is 42.3 Å². The first-order chi connectivity index (χ1) is 13.2. The Kier molecular flexibility index (Phi) is 7.22. The second kappa shape index (κ2) is 9.41. The summed E-state index contributed by atoms with van der Waals surface area (Å²) in [7, 11) is -0.665. The first kappa shape index (κ1) is 21.5. The fourth-order valence-corrected chi connectivity index (χ4v) is 3.45. The molecule has 0 heterocycles. The number of benzene rings is 2. The van der Waals surface area contributed by atoms with E-state index < -0.39 is 28.3 Å². The summed E-state index contributed by atoms with van der Waals surface area (Å²) in [6.45, 7) is -0.136. The number of ether oxygens (including phenoxy) is 2. The standard InChI is InChI=1S/C19H23FN2O5S/c1-26-17-8-7-14(11-18(17)27-2)9-10-21-19(23)13-22(28(3,24)25)16-6-4-5-15(20)12-16/h4-8,11-12H,9-10,13H2,1-3H3,(H,21,23). The Balaban J connectivity index is 1.98. The largest absolute Gasteiger partial charge is 0.493 e. The van der Waals surface area contributed by atoms with Gasteiger partial charge in [-0.2, -0.15) is 0 Å². The van der Waals surface area contributed by atoms with E-state index in [4.69, 9.17) is 9.47 Å². The molecule has 0 atom stereocenters. The molecule has 28 heavy (non-hydrogen) atoms. The molecule has 1 N–H and O–H groups in total. The molecule has 0 aromatic heterocycles. The zero-order valence-corrected chi connectivity index (χ0v) is 16.8. The Morgan fingerprint density at radius 1 is 1.11 bits per heavy atom. The van der Waals surface area contributed by atoms with Crippen LogP contribution in [0.15, 0.2) is 42.5 Å². The minimum atomic E-state index is -3.75. The highest BCUT2D eigenvalue weighted by Crippen LogP contribution is 2.27. The maximum atomic E-state index is 13.4. The SMILES string of the molecule is COc1ccc(CCNC(=O)CN(c2cccc(F)c2)S(C)(=O)=O)cc1OC. The van der Waals surface area contributed by atoms with E-state index in [1.807, 2.05) is 6.07 Å². The van der Waals surface area contributed by atoms with Crippen LogP contribution in [0, 0.1) is 5.82 Å². The van der Waals surface area contributed by atoms with E-state index in [1.165, 1.54) is 25.3 Å². The Labute approximate surface area is 164 Å². The molecule has 0 radical (unpaired) electrons. The van der Waals surface area contributed by atoms with E-state index in [2.05, 4.69) is 5.32 Å². The number of nitrogens with one attached hydrogen (secondary N) is 1. The van der Waals surface area contributed by atoms with Crippen molar-refractivity contribution in [3.05, 3.63) is 53.8 Å². The van der Waals surface area contributed by atoms with Crippen molar-refractivity contribution >= 4 is 21.6 Å². The lowest BCUT2D eigenvalue weighted by Crippen LogP contribution is -2.41. The molecule has 1 amide bonds. The van der Waals surface area contributed by atoms with Gasteiger partial charge in [-0.15, -0.1) is 0 Å². The average molecular weight is 410 g/mol. The molecular formula is C19H23FN2O5S. The van der Waals surface area contributed by atoms with Gasteiger partial charge in [0.05, 0.1) is 26.2 Å². The van der Waals surface area contributed by atoms with E-state index in [0.717, 1.165) is 22.2 Å². The molecule has 152 valence electrons. The highest BCUT2D eigenvalue weighted by atomic mass is 32.2. The fraction of sp³-hybridized carbons (Fsp3) is 0.316. The van der Waals surface area contributed by atoms with Crippen LogP contribution in [-0.2, 0) is 21.2 Å². The summed E-state index contributed by atoms with van der Waals surface area (Å²) < 4.78 is 48.7. The molecular weight excluding hydrogens is 387 g/mol. The van der Waals surface area contributed by atoms with Crippen LogP contribution in [0.25, 0.3) is 0 Å². The predicted molar refractivity (Wildman–Crippen MR) is 105 cm³/mol. The second-order valence-corrected chi connectivity index (χ2v) is 7.95. The van der Waals surface area contributed by atoms with Gasteiger partial charge in [-0.25, -0.2) is 12.8 Å². The number of amides is 1. The van der Waals surface area contributed by atoms with Gasteiger partial charge < -0.3 is 14.8 Å². The van der Waals surface area contributed by atoms with Gasteiger partial charge in [0.1, 0.15) is 12.4 Å². The molecule has 0 aliphatic carbocycles. The summed E-state index contributed by atoms with van der Waals surface area (Å²) in [5, 5.41) is 2.67.